The maximum Gasteiger partial charge on any atom is 0.253 e. The van der Waals surface area contributed by atoms with Gasteiger partial charge in [0.25, 0.3) is 5.91 Å². The molecule has 2 amide bonds. The molecule has 0 bridgehead atoms. The number of aromatic amines is 1. The number of thioether (sulfide) groups is 2. The van der Waals surface area contributed by atoms with Gasteiger partial charge in [-0.3, -0.25) is 19.6 Å². The number of aromatic nitrogens is 3. The highest BCUT2D eigenvalue weighted by Gasteiger charge is 2.54. The zero-order valence-corrected chi connectivity index (χ0v) is 25.0. The third kappa shape index (κ3) is 5.85. The smallest absolute Gasteiger partial charge is 0.253 e. The molecule has 0 aliphatic carbocycles. The molecule has 212 valence electrons. The molecular formula is C31H27N5O3S3. The molecular weight excluding hydrogens is 587 g/mol. The van der Waals surface area contributed by atoms with Crippen molar-refractivity contribution in [1.82, 2.24) is 25.4 Å². The lowest BCUT2D eigenvalue weighted by Gasteiger charge is -2.50. The van der Waals surface area contributed by atoms with E-state index in [9.17, 15) is 9.59 Å². The number of fused-ring (bicyclic) bond motifs is 1. The van der Waals surface area contributed by atoms with Crippen LogP contribution >= 0.6 is 35.7 Å². The fraction of sp³-hybridized carbons (Fsp3) is 0.194. The van der Waals surface area contributed by atoms with Gasteiger partial charge in [0.05, 0.1) is 5.75 Å². The summed E-state index contributed by atoms with van der Waals surface area (Å²) in [6.07, 6.45) is -0.488. The molecule has 11 heteroatoms. The van der Waals surface area contributed by atoms with Crippen molar-refractivity contribution in [3.05, 3.63) is 119 Å². The van der Waals surface area contributed by atoms with Gasteiger partial charge in [0, 0.05) is 16.2 Å². The Morgan fingerprint density at radius 1 is 1.07 bits per heavy atom. The van der Waals surface area contributed by atoms with Crippen molar-refractivity contribution in [2.75, 3.05) is 11.5 Å². The van der Waals surface area contributed by atoms with Gasteiger partial charge in [-0.05, 0) is 42.4 Å². The quantitative estimate of drug-likeness (QED) is 0.152. The standard InChI is InChI=1S/C31H27N5O3S3/c1-19-32-28(35-34-19)23-17-42-30-25(33-24(37)18-41-22-15-9-4-10-16-22)29(38)36(30)26(23)31(40)39-27(20-11-5-2-6-12-20)21-13-7-3-8-14-21/h2-16,25,27,30H,17-18H2,1H3,(H,33,37)(H,32,34,35)/t25-,30-/m1/s1. The van der Waals surface area contributed by atoms with E-state index in [0.717, 1.165) is 16.0 Å². The largest absolute Gasteiger partial charge is 0.469 e. The summed E-state index contributed by atoms with van der Waals surface area (Å²) in [5, 5.41) is 10.0. The molecule has 4 aromatic rings. The molecule has 3 heterocycles. The minimum atomic E-state index is -0.661. The highest BCUT2D eigenvalue weighted by atomic mass is 32.2. The molecule has 0 spiro atoms. The maximum atomic E-state index is 13.6. The Hall–Kier alpha value is -3.93. The van der Waals surface area contributed by atoms with Crippen LogP contribution in [-0.2, 0) is 14.3 Å². The number of ether oxygens (including phenoxy) is 1. The number of β-lactam (4-membered cyclic amide) rings is 1. The first-order chi connectivity index (χ1) is 20.5. The van der Waals surface area contributed by atoms with Crippen LogP contribution in [0.1, 0.15) is 28.9 Å². The van der Waals surface area contributed by atoms with E-state index in [-0.39, 0.29) is 28.0 Å². The fourth-order valence-corrected chi connectivity index (χ4v) is 7.27. The number of rotatable bonds is 9. The van der Waals surface area contributed by atoms with E-state index in [2.05, 4.69) is 20.5 Å². The minimum Gasteiger partial charge on any atom is -0.469 e. The third-order valence-corrected chi connectivity index (χ3v) is 9.47. The van der Waals surface area contributed by atoms with Crippen LogP contribution < -0.4 is 5.32 Å². The Labute approximate surface area is 257 Å². The average molecular weight is 614 g/mol. The molecule has 2 aliphatic rings. The van der Waals surface area contributed by atoms with Gasteiger partial charge in [0.2, 0.25) is 11.0 Å². The fourth-order valence-electron chi connectivity index (χ4n) is 4.89. The number of carbonyl (C=O) groups excluding carboxylic acids is 2. The van der Waals surface area contributed by atoms with E-state index in [0.29, 0.717) is 28.7 Å². The molecule has 2 N–H and O–H groups in total. The number of carbonyl (C=O) groups is 2. The monoisotopic (exact) mass is 613 g/mol. The summed E-state index contributed by atoms with van der Waals surface area (Å²) in [6.45, 7) is 1.82. The second kappa shape index (κ2) is 12.5. The molecule has 6 rings (SSSR count). The number of hydrogen-bond donors (Lipinski definition) is 2. The summed E-state index contributed by atoms with van der Waals surface area (Å²) >= 11 is 8.91. The summed E-state index contributed by atoms with van der Waals surface area (Å²) in [7, 11) is 0. The van der Waals surface area contributed by atoms with Crippen molar-refractivity contribution in [3.8, 4) is 0 Å². The van der Waals surface area contributed by atoms with E-state index in [1.807, 2.05) is 97.9 Å². The highest BCUT2D eigenvalue weighted by Crippen LogP contribution is 2.44. The number of benzene rings is 3. The van der Waals surface area contributed by atoms with Gasteiger partial charge >= 0.3 is 0 Å². The van der Waals surface area contributed by atoms with Gasteiger partial charge in [-0.15, -0.1) is 23.5 Å². The Bertz CT molecular complexity index is 1590. The van der Waals surface area contributed by atoms with Crippen LogP contribution in [0.2, 0.25) is 0 Å². The first kappa shape index (κ1) is 28.2. The van der Waals surface area contributed by atoms with Gasteiger partial charge in [-0.25, -0.2) is 4.98 Å². The molecule has 8 nitrogen and oxygen atoms in total. The van der Waals surface area contributed by atoms with Crippen molar-refractivity contribution in [3.63, 3.8) is 0 Å². The summed E-state index contributed by atoms with van der Waals surface area (Å²) in [6, 6.07) is 28.7. The van der Waals surface area contributed by atoms with E-state index in [1.54, 1.807) is 16.7 Å². The summed E-state index contributed by atoms with van der Waals surface area (Å²) in [4.78, 5) is 33.6. The maximum absolute atomic E-state index is 13.6. The summed E-state index contributed by atoms with van der Waals surface area (Å²) < 4.78 is 6.54. The second-order valence-electron chi connectivity index (χ2n) is 9.74. The Morgan fingerprint density at radius 2 is 1.69 bits per heavy atom. The minimum absolute atomic E-state index is 0.174. The van der Waals surface area contributed by atoms with Gasteiger partial charge in [0.15, 0.2) is 5.82 Å². The topological polar surface area (TPSA) is 100 Å². The van der Waals surface area contributed by atoms with Crippen LogP contribution in [0.5, 0.6) is 0 Å². The number of amides is 2. The lowest BCUT2D eigenvalue weighted by atomic mass is 10.0. The number of thiocarbonyl (C=S) groups is 1. The predicted molar refractivity (Wildman–Crippen MR) is 169 cm³/mol. The number of aryl methyl sites for hydroxylation is 1. The summed E-state index contributed by atoms with van der Waals surface area (Å²) in [5.74, 6) is 1.39. The first-order valence-corrected chi connectivity index (χ1v) is 15.8. The van der Waals surface area contributed by atoms with Crippen LogP contribution in [0.4, 0.5) is 0 Å². The normalized spacial score (nSPS) is 18.0. The second-order valence-corrected chi connectivity index (χ2v) is 12.3. The Balaban J connectivity index is 1.26. The van der Waals surface area contributed by atoms with Crippen LogP contribution in [0.15, 0.2) is 102 Å². The molecule has 0 radical (unpaired) electrons. The Morgan fingerprint density at radius 3 is 2.29 bits per heavy atom. The lowest BCUT2D eigenvalue weighted by molar-refractivity contribution is -0.145. The first-order valence-electron chi connectivity index (χ1n) is 13.3. The van der Waals surface area contributed by atoms with Gasteiger partial charge in [-0.1, -0.05) is 78.9 Å². The van der Waals surface area contributed by atoms with E-state index < -0.39 is 12.1 Å². The van der Waals surface area contributed by atoms with Crippen molar-refractivity contribution in [2.24, 2.45) is 0 Å². The average Bonchev–Trinajstić information content (AvgIpc) is 3.47. The number of hydrogen-bond acceptors (Lipinski definition) is 8. The van der Waals surface area contributed by atoms with Crippen molar-refractivity contribution in [1.29, 1.82) is 0 Å². The van der Waals surface area contributed by atoms with Crippen LogP contribution in [0.3, 0.4) is 0 Å². The van der Waals surface area contributed by atoms with Crippen LogP contribution in [-0.4, -0.2) is 59.9 Å². The van der Waals surface area contributed by atoms with E-state index in [4.69, 9.17) is 17.0 Å². The molecule has 3 aromatic carbocycles. The SMILES string of the molecule is Cc1nc(C2=C(C(=S)OC(c3ccccc3)c3ccccc3)N3C(=O)[C@@H](NC(=O)CSc4ccccc4)[C@H]3SC2)n[nH]1. The van der Waals surface area contributed by atoms with Gasteiger partial charge in [0.1, 0.15) is 29.0 Å². The highest BCUT2D eigenvalue weighted by molar-refractivity contribution is 8.00. The molecule has 0 unspecified atom stereocenters. The molecule has 0 saturated carbocycles. The van der Waals surface area contributed by atoms with Gasteiger partial charge in [-0.2, -0.15) is 5.10 Å². The number of nitrogens with one attached hydrogen (secondary N) is 2. The van der Waals surface area contributed by atoms with Crippen molar-refractivity contribution < 1.29 is 14.3 Å². The van der Waals surface area contributed by atoms with Crippen molar-refractivity contribution >= 4 is 58.2 Å². The molecule has 1 saturated heterocycles. The van der Waals surface area contributed by atoms with Crippen molar-refractivity contribution in [2.45, 2.75) is 29.3 Å². The number of H-pyrrole nitrogens is 1. The predicted octanol–water partition coefficient (Wildman–Crippen LogP) is 5.15. The third-order valence-electron chi connectivity index (χ3n) is 6.89. The van der Waals surface area contributed by atoms with Crippen LogP contribution in [0, 0.1) is 6.92 Å². The molecule has 42 heavy (non-hydrogen) atoms. The number of nitrogens with zero attached hydrogens (tertiary/aromatic N) is 3. The van der Waals surface area contributed by atoms with E-state index in [1.165, 1.54) is 11.8 Å². The van der Waals surface area contributed by atoms with Crippen LogP contribution in [0.25, 0.3) is 5.57 Å². The zero-order chi connectivity index (χ0) is 29.1. The zero-order valence-electron chi connectivity index (χ0n) is 22.6. The van der Waals surface area contributed by atoms with E-state index >= 15 is 0 Å². The molecule has 1 fully saturated rings. The molecule has 2 aliphatic heterocycles. The molecule has 2 atom stereocenters. The molecule has 1 aromatic heterocycles. The Kier molecular flexibility index (Phi) is 8.41. The van der Waals surface area contributed by atoms with Gasteiger partial charge < -0.3 is 10.1 Å². The lowest BCUT2D eigenvalue weighted by Crippen LogP contribution is -2.70. The summed E-state index contributed by atoms with van der Waals surface area (Å²) in [5.41, 5.74) is 3.04.